The van der Waals surface area contributed by atoms with E-state index in [1.165, 1.54) is 11.8 Å². The van der Waals surface area contributed by atoms with Gasteiger partial charge in [-0.1, -0.05) is 11.8 Å². The Hall–Kier alpha value is -0.0600. The average Bonchev–Trinajstić information content (AvgIpc) is 2.34. The van der Waals surface area contributed by atoms with E-state index in [0.29, 0.717) is 6.61 Å². The minimum Gasteiger partial charge on any atom is -0.356 e. The lowest BCUT2D eigenvalue weighted by Gasteiger charge is -2.04. The highest BCUT2D eigenvalue weighted by molar-refractivity contribution is 8.14. The fourth-order valence-corrected chi connectivity index (χ4v) is 1.92. The van der Waals surface area contributed by atoms with Gasteiger partial charge in [0.15, 0.2) is 11.4 Å². The van der Waals surface area contributed by atoms with E-state index >= 15 is 0 Å². The van der Waals surface area contributed by atoms with Crippen molar-refractivity contribution in [1.29, 1.82) is 0 Å². The third-order valence-electron chi connectivity index (χ3n) is 1.52. The van der Waals surface area contributed by atoms with E-state index in [2.05, 4.69) is 0 Å². The largest absolute Gasteiger partial charge is 0.356 e. The predicted octanol–water partition coefficient (Wildman–Crippen LogP) is 1.03. The van der Waals surface area contributed by atoms with Gasteiger partial charge in [0.05, 0.1) is 6.61 Å². The zero-order valence-corrected chi connectivity index (χ0v) is 7.52. The van der Waals surface area contributed by atoms with Gasteiger partial charge in [-0.05, 0) is 0 Å². The van der Waals surface area contributed by atoms with Crippen LogP contribution in [0.15, 0.2) is 0 Å². The fraction of sp³-hybridized carbons (Fsp3) is 0.857. The summed E-state index contributed by atoms with van der Waals surface area (Å²) in [4.78, 5) is 10.7. The summed E-state index contributed by atoms with van der Waals surface area (Å²) in [5, 5.41) is 0.438. The van der Waals surface area contributed by atoms with Gasteiger partial charge in [0.25, 0.3) is 0 Å². The van der Waals surface area contributed by atoms with E-state index in [9.17, 15) is 4.79 Å². The van der Waals surface area contributed by atoms with Crippen molar-refractivity contribution < 1.29 is 14.3 Å². The maximum atomic E-state index is 10.7. The van der Waals surface area contributed by atoms with Crippen molar-refractivity contribution in [2.24, 2.45) is 0 Å². The van der Waals surface area contributed by atoms with Gasteiger partial charge < -0.3 is 9.47 Å². The molecular formula is C7H12O3S. The van der Waals surface area contributed by atoms with Crippen molar-refractivity contribution in [3.05, 3.63) is 0 Å². The fourth-order valence-electron chi connectivity index (χ4n) is 1.05. The lowest BCUT2D eigenvalue weighted by molar-refractivity contribution is -0.109. The zero-order chi connectivity index (χ0) is 8.27. The molecule has 0 aliphatic carbocycles. The number of hydrogen-bond donors (Lipinski definition) is 0. The third kappa shape index (κ3) is 2.81. The second-order valence-corrected chi connectivity index (χ2v) is 3.94. The second-order valence-electron chi connectivity index (χ2n) is 2.47. The number of methoxy groups -OCH3 is 1. The molecule has 0 radical (unpaired) electrons. The molecule has 0 bridgehead atoms. The van der Waals surface area contributed by atoms with Gasteiger partial charge >= 0.3 is 0 Å². The summed E-state index contributed by atoms with van der Waals surface area (Å²) in [6.07, 6.45) is 0.715. The minimum atomic E-state index is -0.105. The molecule has 64 valence electrons. The van der Waals surface area contributed by atoms with E-state index in [0.717, 1.165) is 6.42 Å². The number of thioether (sulfide) groups is 1. The van der Waals surface area contributed by atoms with Crippen molar-refractivity contribution in [3.63, 3.8) is 0 Å². The van der Waals surface area contributed by atoms with Crippen molar-refractivity contribution >= 4 is 16.9 Å². The maximum Gasteiger partial charge on any atom is 0.186 e. The molecule has 0 aromatic rings. The highest BCUT2D eigenvalue weighted by atomic mass is 32.2. The first-order valence-electron chi connectivity index (χ1n) is 3.54. The van der Waals surface area contributed by atoms with Crippen LogP contribution in [0.3, 0.4) is 0 Å². The van der Waals surface area contributed by atoms with Gasteiger partial charge in [-0.2, -0.15) is 0 Å². The molecule has 3 nitrogen and oxygen atoms in total. The van der Waals surface area contributed by atoms with Crippen molar-refractivity contribution in [2.45, 2.75) is 24.9 Å². The number of carbonyl (C=O) groups is 1. The van der Waals surface area contributed by atoms with E-state index in [4.69, 9.17) is 9.47 Å². The van der Waals surface area contributed by atoms with Gasteiger partial charge in [0.1, 0.15) is 0 Å². The van der Waals surface area contributed by atoms with Crippen LogP contribution in [0.4, 0.5) is 0 Å². The van der Waals surface area contributed by atoms with Crippen molar-refractivity contribution in [3.8, 4) is 0 Å². The molecule has 1 rings (SSSR count). The molecule has 1 saturated heterocycles. The summed E-state index contributed by atoms with van der Waals surface area (Å²) >= 11 is 1.34. The molecule has 0 aromatic heterocycles. The zero-order valence-electron chi connectivity index (χ0n) is 6.70. The first-order valence-corrected chi connectivity index (χ1v) is 4.42. The van der Waals surface area contributed by atoms with Gasteiger partial charge in [0.2, 0.25) is 0 Å². The Bertz CT molecular complexity index is 149. The average molecular weight is 176 g/mol. The number of hydrogen-bond acceptors (Lipinski definition) is 4. The lowest BCUT2D eigenvalue weighted by atomic mass is 10.3. The monoisotopic (exact) mass is 176 g/mol. The van der Waals surface area contributed by atoms with Crippen molar-refractivity contribution in [2.75, 3.05) is 13.7 Å². The van der Waals surface area contributed by atoms with Crippen LogP contribution in [0.5, 0.6) is 0 Å². The summed E-state index contributed by atoms with van der Waals surface area (Å²) in [6, 6.07) is 0. The smallest absolute Gasteiger partial charge is 0.186 e. The van der Waals surface area contributed by atoms with Gasteiger partial charge in [-0.15, -0.1) is 0 Å². The van der Waals surface area contributed by atoms with Crippen LogP contribution < -0.4 is 0 Å². The Labute approximate surface area is 70.4 Å². The van der Waals surface area contributed by atoms with Crippen LogP contribution in [0.25, 0.3) is 0 Å². The highest BCUT2D eigenvalue weighted by Crippen LogP contribution is 2.25. The Balaban J connectivity index is 2.24. The normalized spacial score (nSPS) is 30.7. The van der Waals surface area contributed by atoms with Crippen LogP contribution in [0.2, 0.25) is 0 Å². The summed E-state index contributed by atoms with van der Waals surface area (Å²) in [5.41, 5.74) is 0. The van der Waals surface area contributed by atoms with Crippen LogP contribution >= 0.6 is 11.8 Å². The summed E-state index contributed by atoms with van der Waals surface area (Å²) in [5.74, 6) is 0. The Kier molecular flexibility index (Phi) is 3.36. The topological polar surface area (TPSA) is 35.5 Å². The van der Waals surface area contributed by atoms with Crippen molar-refractivity contribution in [1.82, 2.24) is 0 Å². The first-order chi connectivity index (χ1) is 5.22. The second kappa shape index (κ2) is 4.09. The van der Waals surface area contributed by atoms with Crippen LogP contribution in [-0.2, 0) is 14.3 Å². The lowest BCUT2D eigenvalue weighted by Crippen LogP contribution is -2.07. The van der Waals surface area contributed by atoms with E-state index < -0.39 is 0 Å². The maximum absolute atomic E-state index is 10.7. The molecule has 0 spiro atoms. The molecule has 1 heterocycles. The molecule has 1 unspecified atom stereocenters. The first kappa shape index (κ1) is 9.03. The quantitative estimate of drug-likeness (QED) is 0.629. The molecule has 0 saturated carbocycles. The number of ether oxygens (including phenoxy) is 2. The molecule has 0 amide bonds. The Morgan fingerprint density at radius 3 is 2.91 bits per heavy atom. The minimum absolute atomic E-state index is 0.105. The van der Waals surface area contributed by atoms with Gasteiger partial charge in [-0.25, -0.2) is 0 Å². The van der Waals surface area contributed by atoms with E-state index in [1.54, 1.807) is 14.0 Å². The predicted molar refractivity (Wildman–Crippen MR) is 43.4 cm³/mol. The summed E-state index contributed by atoms with van der Waals surface area (Å²) < 4.78 is 10.2. The summed E-state index contributed by atoms with van der Waals surface area (Å²) in [7, 11) is 1.62. The Morgan fingerprint density at radius 1 is 1.73 bits per heavy atom. The molecule has 2 atom stereocenters. The Morgan fingerprint density at radius 2 is 2.45 bits per heavy atom. The number of carbonyl (C=O) groups excluding carboxylic acids is 1. The molecule has 1 fully saturated rings. The molecule has 0 N–H and O–H groups in total. The number of rotatable bonds is 2. The summed E-state index contributed by atoms with van der Waals surface area (Å²) in [6.45, 7) is 2.20. The van der Waals surface area contributed by atoms with Crippen LogP contribution in [0.1, 0.15) is 13.3 Å². The van der Waals surface area contributed by atoms with E-state index in [-0.39, 0.29) is 16.7 Å². The van der Waals surface area contributed by atoms with E-state index in [1.807, 2.05) is 0 Å². The van der Waals surface area contributed by atoms with Crippen LogP contribution in [-0.4, -0.2) is 30.4 Å². The molecular weight excluding hydrogens is 164 g/mol. The SMILES string of the molecule is COC1C[C@@H](SC(C)=O)CO1. The highest BCUT2D eigenvalue weighted by Gasteiger charge is 2.26. The molecule has 4 heteroatoms. The van der Waals surface area contributed by atoms with Gasteiger partial charge in [0, 0.05) is 25.7 Å². The third-order valence-corrected chi connectivity index (χ3v) is 2.51. The molecule has 1 aliphatic heterocycles. The molecule has 1 aliphatic rings. The van der Waals surface area contributed by atoms with Crippen LogP contribution in [0, 0.1) is 0 Å². The van der Waals surface area contributed by atoms with Gasteiger partial charge in [-0.3, -0.25) is 4.79 Å². The molecule has 11 heavy (non-hydrogen) atoms. The molecule has 0 aromatic carbocycles. The standard InChI is InChI=1S/C7H12O3S/c1-5(8)11-6-3-7(9-2)10-4-6/h6-7H,3-4H2,1-2H3/t6-,7?/m1/s1.